The van der Waals surface area contributed by atoms with Crippen LogP contribution in [0.2, 0.25) is 0 Å². The molecule has 0 spiro atoms. The van der Waals surface area contributed by atoms with Gasteiger partial charge >= 0.3 is 6.09 Å². The SMILES string of the molecule is CCOC(=O)N1CCN(C(=O)c2sc3nc(C)nc(N4CCC(C)CC4)c3c2C)CC1. The Morgan fingerprint density at radius 2 is 1.68 bits per heavy atom. The molecular weight excluding hydrogens is 414 g/mol. The highest BCUT2D eigenvalue weighted by molar-refractivity contribution is 7.20. The number of thiophene rings is 1. The van der Waals surface area contributed by atoms with Gasteiger partial charge in [0.15, 0.2) is 0 Å². The maximum absolute atomic E-state index is 13.3. The first-order valence-electron chi connectivity index (χ1n) is 11.1. The minimum absolute atomic E-state index is 0.0138. The molecular formula is C22H31N5O3S. The molecule has 4 heterocycles. The number of hydrogen-bond donors (Lipinski definition) is 0. The van der Waals surface area contributed by atoms with Crippen LogP contribution in [-0.4, -0.2) is 77.6 Å². The number of hydrogen-bond acceptors (Lipinski definition) is 7. The van der Waals surface area contributed by atoms with E-state index in [0.29, 0.717) is 32.8 Å². The number of piperazine rings is 1. The van der Waals surface area contributed by atoms with Crippen LogP contribution >= 0.6 is 11.3 Å². The molecule has 0 unspecified atom stereocenters. The van der Waals surface area contributed by atoms with Crippen LogP contribution in [0.5, 0.6) is 0 Å². The van der Waals surface area contributed by atoms with Crippen LogP contribution in [0.1, 0.15) is 47.7 Å². The van der Waals surface area contributed by atoms with Crippen molar-refractivity contribution in [2.45, 2.75) is 40.5 Å². The van der Waals surface area contributed by atoms with Crippen molar-refractivity contribution in [1.82, 2.24) is 19.8 Å². The summed E-state index contributed by atoms with van der Waals surface area (Å²) in [5.41, 5.74) is 0.964. The van der Waals surface area contributed by atoms with Crippen molar-refractivity contribution < 1.29 is 14.3 Å². The summed E-state index contributed by atoms with van der Waals surface area (Å²) in [6.07, 6.45) is 2.01. The summed E-state index contributed by atoms with van der Waals surface area (Å²) in [6, 6.07) is 0. The van der Waals surface area contributed by atoms with E-state index in [-0.39, 0.29) is 12.0 Å². The molecule has 2 amide bonds. The molecule has 31 heavy (non-hydrogen) atoms. The first-order chi connectivity index (χ1) is 14.9. The molecule has 0 aromatic carbocycles. The molecule has 0 radical (unpaired) electrons. The minimum atomic E-state index is -0.307. The maximum Gasteiger partial charge on any atom is 0.409 e. The number of carbonyl (C=O) groups is 2. The van der Waals surface area contributed by atoms with Crippen LogP contribution in [-0.2, 0) is 4.74 Å². The first kappa shape index (κ1) is 21.8. The van der Waals surface area contributed by atoms with Crippen molar-refractivity contribution in [3.05, 3.63) is 16.3 Å². The van der Waals surface area contributed by atoms with Gasteiger partial charge in [0, 0.05) is 39.3 Å². The highest BCUT2D eigenvalue weighted by Crippen LogP contribution is 2.37. The first-order valence-corrected chi connectivity index (χ1v) is 11.9. The smallest absolute Gasteiger partial charge is 0.409 e. The third-order valence-electron chi connectivity index (χ3n) is 6.25. The van der Waals surface area contributed by atoms with E-state index in [4.69, 9.17) is 9.72 Å². The lowest BCUT2D eigenvalue weighted by molar-refractivity contribution is 0.0574. The van der Waals surface area contributed by atoms with Gasteiger partial charge in [-0.05, 0) is 45.1 Å². The van der Waals surface area contributed by atoms with Crippen LogP contribution < -0.4 is 4.90 Å². The van der Waals surface area contributed by atoms with E-state index < -0.39 is 0 Å². The summed E-state index contributed by atoms with van der Waals surface area (Å²) in [6.45, 7) is 12.4. The quantitative estimate of drug-likeness (QED) is 0.720. The van der Waals surface area contributed by atoms with Crippen molar-refractivity contribution in [2.75, 3.05) is 50.8 Å². The second kappa shape index (κ2) is 8.98. The standard InChI is InChI=1S/C22H31N5O3S/c1-5-30-22(29)27-12-10-26(11-13-27)21(28)18-15(3)17-19(23-16(4)24-20(17)31-18)25-8-6-14(2)7-9-25/h14H,5-13H2,1-4H3. The summed E-state index contributed by atoms with van der Waals surface area (Å²) in [7, 11) is 0. The Hall–Kier alpha value is -2.42. The number of amides is 2. The summed E-state index contributed by atoms with van der Waals surface area (Å²) >= 11 is 1.46. The number of rotatable bonds is 3. The minimum Gasteiger partial charge on any atom is -0.450 e. The molecule has 9 heteroatoms. The zero-order valence-electron chi connectivity index (χ0n) is 18.8. The van der Waals surface area contributed by atoms with Gasteiger partial charge in [0.25, 0.3) is 5.91 Å². The number of aryl methyl sites for hydroxylation is 2. The van der Waals surface area contributed by atoms with Crippen molar-refractivity contribution in [3.8, 4) is 0 Å². The lowest BCUT2D eigenvalue weighted by Gasteiger charge is -2.34. The molecule has 0 atom stereocenters. The predicted molar refractivity (Wildman–Crippen MR) is 122 cm³/mol. The van der Waals surface area contributed by atoms with E-state index in [2.05, 4.69) is 16.8 Å². The average Bonchev–Trinajstić information content (AvgIpc) is 3.09. The van der Waals surface area contributed by atoms with Gasteiger partial charge in [-0.25, -0.2) is 14.8 Å². The monoisotopic (exact) mass is 445 g/mol. The molecule has 2 saturated heterocycles. The molecule has 0 saturated carbocycles. The Morgan fingerprint density at radius 3 is 2.32 bits per heavy atom. The fourth-order valence-electron chi connectivity index (χ4n) is 4.33. The second-order valence-electron chi connectivity index (χ2n) is 8.48. The summed E-state index contributed by atoms with van der Waals surface area (Å²) in [5.74, 6) is 2.46. The number of anilines is 1. The Bertz CT molecular complexity index is 975. The van der Waals surface area contributed by atoms with E-state index in [1.807, 2.05) is 18.7 Å². The summed E-state index contributed by atoms with van der Waals surface area (Å²) < 4.78 is 5.08. The Kier molecular flexibility index (Phi) is 6.31. The third kappa shape index (κ3) is 4.33. The Morgan fingerprint density at radius 1 is 1.03 bits per heavy atom. The molecule has 2 aliphatic heterocycles. The lowest BCUT2D eigenvalue weighted by Crippen LogP contribution is -2.50. The van der Waals surface area contributed by atoms with E-state index in [0.717, 1.165) is 64.1 Å². The van der Waals surface area contributed by atoms with Gasteiger partial charge in [0.2, 0.25) is 0 Å². The molecule has 2 aromatic heterocycles. The van der Waals surface area contributed by atoms with Crippen molar-refractivity contribution in [2.24, 2.45) is 5.92 Å². The molecule has 8 nitrogen and oxygen atoms in total. The predicted octanol–water partition coefficient (Wildman–Crippen LogP) is 3.46. The van der Waals surface area contributed by atoms with E-state index in [1.165, 1.54) is 11.3 Å². The van der Waals surface area contributed by atoms with Crippen molar-refractivity contribution in [1.29, 1.82) is 0 Å². The van der Waals surface area contributed by atoms with Crippen LogP contribution in [0.15, 0.2) is 0 Å². The fraction of sp³-hybridized carbons (Fsp3) is 0.636. The number of piperidine rings is 1. The van der Waals surface area contributed by atoms with Gasteiger partial charge in [-0.2, -0.15) is 0 Å². The number of carbonyl (C=O) groups excluding carboxylic acids is 2. The average molecular weight is 446 g/mol. The zero-order chi connectivity index (χ0) is 22.1. The normalized spacial score (nSPS) is 18.0. The van der Waals surface area contributed by atoms with E-state index in [9.17, 15) is 9.59 Å². The van der Waals surface area contributed by atoms with Gasteiger partial charge in [0.05, 0.1) is 16.9 Å². The van der Waals surface area contributed by atoms with Gasteiger partial charge < -0.3 is 19.4 Å². The van der Waals surface area contributed by atoms with Gasteiger partial charge in [-0.15, -0.1) is 11.3 Å². The molecule has 0 bridgehead atoms. The van der Waals surface area contributed by atoms with Crippen LogP contribution in [0.3, 0.4) is 0 Å². The largest absolute Gasteiger partial charge is 0.450 e. The second-order valence-corrected chi connectivity index (χ2v) is 9.48. The molecule has 2 aliphatic rings. The lowest BCUT2D eigenvalue weighted by atomic mass is 9.99. The molecule has 4 rings (SSSR count). The molecule has 0 aliphatic carbocycles. The summed E-state index contributed by atoms with van der Waals surface area (Å²) in [5, 5.41) is 1.01. The van der Waals surface area contributed by atoms with Crippen LogP contribution in [0, 0.1) is 19.8 Å². The Balaban J connectivity index is 1.58. The zero-order valence-corrected chi connectivity index (χ0v) is 19.6. The van der Waals surface area contributed by atoms with Crippen LogP contribution in [0.25, 0.3) is 10.2 Å². The number of fused-ring (bicyclic) bond motifs is 1. The van der Waals surface area contributed by atoms with Gasteiger partial charge in [-0.3, -0.25) is 4.79 Å². The van der Waals surface area contributed by atoms with Gasteiger partial charge in [-0.1, -0.05) is 6.92 Å². The highest BCUT2D eigenvalue weighted by Gasteiger charge is 2.30. The van der Waals surface area contributed by atoms with E-state index in [1.54, 1.807) is 11.8 Å². The Labute approximate surface area is 187 Å². The molecule has 2 fully saturated rings. The topological polar surface area (TPSA) is 78.9 Å². The molecule has 168 valence electrons. The number of ether oxygens (including phenoxy) is 1. The van der Waals surface area contributed by atoms with Crippen molar-refractivity contribution in [3.63, 3.8) is 0 Å². The molecule has 2 aromatic rings. The summed E-state index contributed by atoms with van der Waals surface area (Å²) in [4.78, 5) is 42.2. The van der Waals surface area contributed by atoms with Crippen LogP contribution in [0.4, 0.5) is 10.6 Å². The van der Waals surface area contributed by atoms with Gasteiger partial charge in [0.1, 0.15) is 16.5 Å². The fourth-order valence-corrected chi connectivity index (χ4v) is 5.51. The van der Waals surface area contributed by atoms with E-state index >= 15 is 0 Å². The van der Waals surface area contributed by atoms with Crippen molar-refractivity contribution >= 4 is 39.4 Å². The molecule has 0 N–H and O–H groups in total. The highest BCUT2D eigenvalue weighted by atomic mass is 32.1. The number of nitrogens with zero attached hydrogens (tertiary/aromatic N) is 5. The maximum atomic E-state index is 13.3. The third-order valence-corrected chi connectivity index (χ3v) is 7.43. The number of aromatic nitrogens is 2.